The van der Waals surface area contributed by atoms with Gasteiger partial charge in [0.25, 0.3) is 0 Å². The van der Waals surface area contributed by atoms with Crippen molar-refractivity contribution in [1.29, 1.82) is 0 Å². The maximum atomic E-state index is 13.6. The van der Waals surface area contributed by atoms with Gasteiger partial charge in [-0.3, -0.25) is 14.1 Å². The number of carbonyl (C=O) groups is 2. The van der Waals surface area contributed by atoms with Crippen molar-refractivity contribution in [2.45, 2.75) is 77.0 Å². The smallest absolute Gasteiger partial charge is 0.393 e. The summed E-state index contributed by atoms with van der Waals surface area (Å²) in [4.78, 5) is 44.0. The Morgan fingerprint density at radius 3 is 2.65 bits per heavy atom. The SMILES string of the molecule is CC1(C)O[C@@H]2C[C@H]3C4CCC5=CC(=O)C=CC5(C)[C@H]4C(O)CC3(C)[C@]2(C(=O)COP(=O)(O)O)O1. The van der Waals surface area contributed by atoms with Crippen LogP contribution in [0.5, 0.6) is 0 Å². The van der Waals surface area contributed by atoms with Crippen LogP contribution in [0.4, 0.5) is 0 Å². The molecule has 0 spiro atoms. The van der Waals surface area contributed by atoms with Gasteiger partial charge in [0.05, 0.1) is 12.2 Å². The minimum atomic E-state index is -4.86. The van der Waals surface area contributed by atoms with E-state index in [4.69, 9.17) is 9.47 Å². The first-order valence-electron chi connectivity index (χ1n) is 11.9. The number of hydrogen-bond acceptors (Lipinski definition) is 7. The maximum absolute atomic E-state index is 13.6. The summed E-state index contributed by atoms with van der Waals surface area (Å²) in [6.45, 7) is 6.64. The quantitative estimate of drug-likeness (QED) is 0.501. The molecule has 3 saturated carbocycles. The second-order valence-electron chi connectivity index (χ2n) is 11.5. The number of ether oxygens (including phenoxy) is 2. The monoisotopic (exact) mass is 496 g/mol. The van der Waals surface area contributed by atoms with Gasteiger partial charge in [-0.05, 0) is 63.5 Å². The summed E-state index contributed by atoms with van der Waals surface area (Å²) in [5.74, 6) is -1.77. The zero-order valence-corrected chi connectivity index (χ0v) is 20.8. The summed E-state index contributed by atoms with van der Waals surface area (Å²) in [7, 11) is -4.86. The van der Waals surface area contributed by atoms with Gasteiger partial charge in [-0.2, -0.15) is 0 Å². The number of rotatable bonds is 4. The lowest BCUT2D eigenvalue weighted by Gasteiger charge is -2.59. The van der Waals surface area contributed by atoms with E-state index in [-0.39, 0.29) is 30.0 Å². The molecule has 0 aromatic rings. The third-order valence-corrected chi connectivity index (χ3v) is 9.73. The van der Waals surface area contributed by atoms with Crippen LogP contribution in [-0.4, -0.2) is 56.7 Å². The van der Waals surface area contributed by atoms with Gasteiger partial charge in [0.1, 0.15) is 6.61 Å². The number of Topliss-reactive ketones (excluding diaryl/α,β-unsaturated/α-hetero) is 1. The van der Waals surface area contributed by atoms with Crippen LogP contribution in [-0.2, 0) is 28.2 Å². The first kappa shape index (κ1) is 24.5. The van der Waals surface area contributed by atoms with Crippen molar-refractivity contribution in [3.05, 3.63) is 23.8 Å². The largest absolute Gasteiger partial charge is 0.470 e. The molecule has 188 valence electrons. The second kappa shape index (κ2) is 7.42. The van der Waals surface area contributed by atoms with Crippen molar-refractivity contribution in [3.63, 3.8) is 0 Å². The van der Waals surface area contributed by atoms with Crippen molar-refractivity contribution in [3.8, 4) is 0 Å². The highest BCUT2D eigenvalue weighted by atomic mass is 31.2. The summed E-state index contributed by atoms with van der Waals surface area (Å²) in [5.41, 5.74) is -1.72. The normalized spacial score (nSPS) is 46.9. The Hall–Kier alpha value is -1.19. The topological polar surface area (TPSA) is 140 Å². The molecule has 4 unspecified atom stereocenters. The Balaban J connectivity index is 1.55. The number of aliphatic hydroxyl groups excluding tert-OH is 1. The minimum Gasteiger partial charge on any atom is -0.393 e. The van der Waals surface area contributed by atoms with Crippen LogP contribution in [0.25, 0.3) is 0 Å². The molecule has 10 heteroatoms. The molecule has 34 heavy (non-hydrogen) atoms. The third-order valence-electron chi connectivity index (χ3n) is 9.27. The van der Waals surface area contributed by atoms with Crippen LogP contribution in [0.15, 0.2) is 23.8 Å². The number of fused-ring (bicyclic) bond motifs is 7. The molecule has 1 saturated heterocycles. The lowest BCUT2D eigenvalue weighted by Crippen LogP contribution is -2.64. The molecule has 0 aromatic heterocycles. The second-order valence-corrected chi connectivity index (χ2v) is 12.7. The zero-order chi connectivity index (χ0) is 24.9. The van der Waals surface area contributed by atoms with Gasteiger partial charge in [-0.15, -0.1) is 0 Å². The highest BCUT2D eigenvalue weighted by Gasteiger charge is 2.76. The Morgan fingerprint density at radius 2 is 1.97 bits per heavy atom. The number of hydrogen-bond donors (Lipinski definition) is 3. The van der Waals surface area contributed by atoms with Gasteiger partial charge in [0.2, 0.25) is 0 Å². The van der Waals surface area contributed by atoms with Crippen molar-refractivity contribution in [2.75, 3.05) is 6.61 Å². The fourth-order valence-electron chi connectivity index (χ4n) is 8.17. The number of phosphoric ester groups is 1. The van der Waals surface area contributed by atoms with E-state index < -0.39 is 54.6 Å². The molecule has 3 N–H and O–H groups in total. The maximum Gasteiger partial charge on any atom is 0.470 e. The molecule has 0 bridgehead atoms. The van der Waals surface area contributed by atoms with Crippen LogP contribution < -0.4 is 0 Å². The Labute approximate surface area is 198 Å². The van der Waals surface area contributed by atoms with Crippen LogP contribution in [0.1, 0.15) is 53.4 Å². The minimum absolute atomic E-state index is 0.0228. The fraction of sp³-hybridized carbons (Fsp3) is 0.750. The van der Waals surface area contributed by atoms with Gasteiger partial charge in [-0.25, -0.2) is 4.57 Å². The first-order valence-corrected chi connectivity index (χ1v) is 13.4. The molecule has 5 aliphatic rings. The van der Waals surface area contributed by atoms with Gasteiger partial charge < -0.3 is 24.4 Å². The van der Waals surface area contributed by atoms with E-state index in [9.17, 15) is 29.0 Å². The van der Waals surface area contributed by atoms with Gasteiger partial charge in [-0.1, -0.05) is 25.5 Å². The van der Waals surface area contributed by atoms with Gasteiger partial charge in [0.15, 0.2) is 23.0 Å². The highest BCUT2D eigenvalue weighted by molar-refractivity contribution is 7.46. The molecular formula is C24H33O9P. The number of carbonyl (C=O) groups excluding carboxylic acids is 2. The van der Waals surface area contributed by atoms with E-state index >= 15 is 0 Å². The number of allylic oxidation sites excluding steroid dienone is 4. The lowest BCUT2D eigenvalue weighted by molar-refractivity contribution is -0.225. The van der Waals surface area contributed by atoms with E-state index in [1.54, 1.807) is 26.0 Å². The van der Waals surface area contributed by atoms with Crippen molar-refractivity contribution in [1.82, 2.24) is 0 Å². The van der Waals surface area contributed by atoms with Crippen LogP contribution >= 0.6 is 7.82 Å². The van der Waals surface area contributed by atoms with Crippen molar-refractivity contribution in [2.24, 2.45) is 28.6 Å². The fourth-order valence-corrected chi connectivity index (χ4v) is 8.46. The standard InChI is InChI=1S/C24H33O9P/c1-21(2)32-19-10-16-15-6-5-13-9-14(25)7-8-22(13,3)20(15)17(26)11-23(16,4)24(19,33-21)18(27)12-31-34(28,29)30/h7-9,15-17,19-20,26H,5-6,10-12H2,1-4H3,(H2,28,29,30)/t15?,16-,17?,19+,20+,22?,23?,24+/m0/s1. The summed E-state index contributed by atoms with van der Waals surface area (Å²) in [5, 5.41) is 11.6. The average Bonchev–Trinajstić information content (AvgIpc) is 3.12. The Bertz CT molecular complexity index is 1040. The Kier molecular flexibility index (Phi) is 5.34. The third kappa shape index (κ3) is 3.32. The molecule has 0 aromatic carbocycles. The average molecular weight is 496 g/mol. The highest BCUT2D eigenvalue weighted by Crippen LogP contribution is 2.70. The lowest BCUT2D eigenvalue weighted by atomic mass is 9.46. The van der Waals surface area contributed by atoms with Crippen molar-refractivity contribution >= 4 is 19.4 Å². The molecule has 1 aliphatic heterocycles. The van der Waals surface area contributed by atoms with Crippen LogP contribution in [0.2, 0.25) is 0 Å². The summed E-state index contributed by atoms with van der Waals surface area (Å²) in [6.07, 6.45) is 6.11. The van der Waals surface area contributed by atoms with E-state index in [0.717, 1.165) is 18.4 Å². The molecule has 8 atom stereocenters. The molecule has 1 heterocycles. The predicted octanol–water partition coefficient (Wildman–Crippen LogP) is 2.44. The van der Waals surface area contributed by atoms with Gasteiger partial charge in [0, 0.05) is 16.7 Å². The summed E-state index contributed by atoms with van der Waals surface area (Å²) < 4.78 is 28.5. The van der Waals surface area contributed by atoms with E-state index in [2.05, 4.69) is 11.4 Å². The molecule has 9 nitrogen and oxygen atoms in total. The number of aliphatic hydroxyl groups is 1. The van der Waals surface area contributed by atoms with Gasteiger partial charge >= 0.3 is 7.82 Å². The van der Waals surface area contributed by atoms with E-state index in [0.29, 0.717) is 6.42 Å². The summed E-state index contributed by atoms with van der Waals surface area (Å²) >= 11 is 0. The van der Waals surface area contributed by atoms with E-state index in [1.807, 2.05) is 13.0 Å². The van der Waals surface area contributed by atoms with Crippen LogP contribution in [0, 0.1) is 28.6 Å². The molecular weight excluding hydrogens is 463 g/mol. The molecule has 0 radical (unpaired) electrons. The zero-order valence-electron chi connectivity index (χ0n) is 19.9. The predicted molar refractivity (Wildman–Crippen MR) is 119 cm³/mol. The van der Waals surface area contributed by atoms with E-state index in [1.165, 1.54) is 0 Å². The van der Waals surface area contributed by atoms with Crippen LogP contribution in [0.3, 0.4) is 0 Å². The van der Waals surface area contributed by atoms with Crippen molar-refractivity contribution < 1.29 is 43.0 Å². The first-order chi connectivity index (χ1) is 15.6. The Morgan fingerprint density at radius 1 is 1.26 bits per heavy atom. The number of phosphoric acid groups is 1. The molecule has 4 aliphatic carbocycles. The number of ketones is 2. The molecule has 0 amide bonds. The molecule has 4 fully saturated rings. The molecule has 5 rings (SSSR count). The summed E-state index contributed by atoms with van der Waals surface area (Å²) in [6, 6.07) is 0.